The average Bonchev–Trinajstić information content (AvgIpc) is 2.40. The van der Waals surface area contributed by atoms with Gasteiger partial charge in [0, 0.05) is 5.69 Å². The lowest BCUT2D eigenvalue weighted by atomic mass is 10.2. The van der Waals surface area contributed by atoms with E-state index in [1.165, 1.54) is 18.2 Å². The SMILES string of the molecule is O=C(NC(=O)c1ccccc1F)Nc1ccccc1. The summed E-state index contributed by atoms with van der Waals surface area (Å²) in [4.78, 5) is 23.2. The number of hydrogen-bond acceptors (Lipinski definition) is 2. The number of carbonyl (C=O) groups excluding carboxylic acids is 2. The van der Waals surface area contributed by atoms with Gasteiger partial charge < -0.3 is 5.32 Å². The topological polar surface area (TPSA) is 58.2 Å². The minimum Gasteiger partial charge on any atom is -0.308 e. The highest BCUT2D eigenvalue weighted by atomic mass is 19.1. The van der Waals surface area contributed by atoms with Crippen LogP contribution in [0.1, 0.15) is 10.4 Å². The highest BCUT2D eigenvalue weighted by molar-refractivity contribution is 6.08. The van der Waals surface area contributed by atoms with Gasteiger partial charge in [-0.25, -0.2) is 9.18 Å². The minimum atomic E-state index is -0.786. The summed E-state index contributed by atoms with van der Waals surface area (Å²) in [5, 5.41) is 4.53. The van der Waals surface area contributed by atoms with Crippen LogP contribution in [0.15, 0.2) is 54.6 Å². The first kappa shape index (κ1) is 12.8. The molecule has 0 aromatic heterocycles. The van der Waals surface area contributed by atoms with Crippen molar-refractivity contribution in [3.8, 4) is 0 Å². The van der Waals surface area contributed by atoms with Crippen molar-refractivity contribution in [1.29, 1.82) is 0 Å². The molecule has 2 rings (SSSR count). The maximum absolute atomic E-state index is 13.3. The second-order valence-electron chi connectivity index (χ2n) is 3.75. The zero-order valence-corrected chi connectivity index (χ0v) is 9.89. The fraction of sp³-hybridized carbons (Fsp3) is 0. The average molecular weight is 258 g/mol. The van der Waals surface area contributed by atoms with Crippen LogP contribution in [0.5, 0.6) is 0 Å². The number of amides is 3. The number of hydrogen-bond donors (Lipinski definition) is 2. The smallest absolute Gasteiger partial charge is 0.308 e. The summed E-state index contributed by atoms with van der Waals surface area (Å²) in [6.07, 6.45) is 0. The van der Waals surface area contributed by atoms with Crippen LogP contribution in [0.3, 0.4) is 0 Å². The third kappa shape index (κ3) is 3.38. The molecule has 0 aliphatic rings. The first-order valence-corrected chi connectivity index (χ1v) is 5.59. The molecule has 0 saturated heterocycles. The van der Waals surface area contributed by atoms with Gasteiger partial charge in [-0.2, -0.15) is 0 Å². The molecule has 0 bridgehead atoms. The van der Waals surface area contributed by atoms with Crippen molar-refractivity contribution < 1.29 is 14.0 Å². The van der Waals surface area contributed by atoms with Crippen molar-refractivity contribution >= 4 is 17.6 Å². The Bertz CT molecular complexity index is 599. The second-order valence-corrected chi connectivity index (χ2v) is 3.75. The summed E-state index contributed by atoms with van der Waals surface area (Å²) in [6, 6.07) is 13.4. The van der Waals surface area contributed by atoms with Crippen LogP contribution in [0.25, 0.3) is 0 Å². The Hall–Kier alpha value is -2.69. The molecule has 2 N–H and O–H groups in total. The molecular formula is C14H11FN2O2. The minimum absolute atomic E-state index is 0.175. The number of anilines is 1. The van der Waals surface area contributed by atoms with E-state index in [2.05, 4.69) is 10.6 Å². The highest BCUT2D eigenvalue weighted by Crippen LogP contribution is 2.07. The van der Waals surface area contributed by atoms with Gasteiger partial charge in [0.1, 0.15) is 5.82 Å². The summed E-state index contributed by atoms with van der Waals surface area (Å²) in [6.45, 7) is 0. The lowest BCUT2D eigenvalue weighted by Crippen LogP contribution is -2.34. The Morgan fingerprint density at radius 2 is 1.53 bits per heavy atom. The van der Waals surface area contributed by atoms with Crippen LogP contribution < -0.4 is 10.6 Å². The van der Waals surface area contributed by atoms with E-state index < -0.39 is 17.8 Å². The van der Waals surface area contributed by atoms with Gasteiger partial charge in [0.2, 0.25) is 0 Å². The molecule has 2 aromatic carbocycles. The molecule has 19 heavy (non-hydrogen) atoms. The quantitative estimate of drug-likeness (QED) is 0.870. The Morgan fingerprint density at radius 3 is 2.21 bits per heavy atom. The lowest BCUT2D eigenvalue weighted by Gasteiger charge is -2.06. The standard InChI is InChI=1S/C14H11FN2O2/c15-12-9-5-4-8-11(12)13(18)17-14(19)16-10-6-2-1-3-7-10/h1-9H,(H2,16,17,18,19). The van der Waals surface area contributed by atoms with Crippen molar-refractivity contribution in [2.45, 2.75) is 0 Å². The molecule has 2 aromatic rings. The summed E-state index contributed by atoms with van der Waals surface area (Å²) >= 11 is 0. The predicted molar refractivity (Wildman–Crippen MR) is 69.3 cm³/mol. The zero-order valence-electron chi connectivity index (χ0n) is 9.89. The van der Waals surface area contributed by atoms with E-state index in [9.17, 15) is 14.0 Å². The number of urea groups is 1. The molecule has 96 valence electrons. The van der Waals surface area contributed by atoms with Crippen molar-refractivity contribution in [3.05, 3.63) is 66.0 Å². The number of benzene rings is 2. The van der Waals surface area contributed by atoms with E-state index in [4.69, 9.17) is 0 Å². The number of rotatable bonds is 2. The maximum atomic E-state index is 13.3. The second kappa shape index (κ2) is 5.77. The number of nitrogens with one attached hydrogen (secondary N) is 2. The Kier molecular flexibility index (Phi) is 3.87. The predicted octanol–water partition coefficient (Wildman–Crippen LogP) is 2.79. The van der Waals surface area contributed by atoms with Crippen molar-refractivity contribution in [2.24, 2.45) is 0 Å². The normalized spacial score (nSPS) is 9.74. The molecule has 0 heterocycles. The summed E-state index contributed by atoms with van der Waals surface area (Å²) in [7, 11) is 0. The largest absolute Gasteiger partial charge is 0.326 e. The van der Waals surface area contributed by atoms with Gasteiger partial charge in [-0.15, -0.1) is 0 Å². The van der Waals surface area contributed by atoms with Gasteiger partial charge in [-0.3, -0.25) is 10.1 Å². The fourth-order valence-corrected chi connectivity index (χ4v) is 1.50. The van der Waals surface area contributed by atoms with Crippen LogP contribution >= 0.6 is 0 Å². The molecule has 0 fully saturated rings. The molecule has 3 amide bonds. The van der Waals surface area contributed by atoms with E-state index in [0.29, 0.717) is 5.69 Å². The maximum Gasteiger partial charge on any atom is 0.326 e. The molecule has 0 spiro atoms. The first-order chi connectivity index (χ1) is 9.16. The zero-order chi connectivity index (χ0) is 13.7. The number of para-hydroxylation sites is 1. The molecule has 0 radical (unpaired) electrons. The summed E-state index contributed by atoms with van der Waals surface area (Å²) in [5.41, 5.74) is 0.368. The van der Waals surface area contributed by atoms with Gasteiger partial charge in [0.25, 0.3) is 5.91 Å². The van der Waals surface area contributed by atoms with E-state index in [-0.39, 0.29) is 5.56 Å². The highest BCUT2D eigenvalue weighted by Gasteiger charge is 2.13. The Balaban J connectivity index is 2.00. The van der Waals surface area contributed by atoms with Gasteiger partial charge in [-0.05, 0) is 24.3 Å². The van der Waals surface area contributed by atoms with E-state index in [1.54, 1.807) is 30.3 Å². The third-order valence-corrected chi connectivity index (χ3v) is 2.38. The number of imide groups is 1. The van der Waals surface area contributed by atoms with E-state index in [1.807, 2.05) is 0 Å². The van der Waals surface area contributed by atoms with E-state index in [0.717, 1.165) is 6.07 Å². The fourth-order valence-electron chi connectivity index (χ4n) is 1.50. The molecule has 5 heteroatoms. The monoisotopic (exact) mass is 258 g/mol. The summed E-state index contributed by atoms with van der Waals surface area (Å²) in [5.74, 6) is -1.46. The first-order valence-electron chi connectivity index (χ1n) is 5.59. The third-order valence-electron chi connectivity index (χ3n) is 2.38. The Labute approximate surface area is 109 Å². The molecule has 0 aliphatic carbocycles. The van der Waals surface area contributed by atoms with Gasteiger partial charge in [0.05, 0.1) is 5.56 Å². The van der Waals surface area contributed by atoms with Gasteiger partial charge >= 0.3 is 6.03 Å². The Morgan fingerprint density at radius 1 is 0.895 bits per heavy atom. The molecule has 0 aliphatic heterocycles. The van der Waals surface area contributed by atoms with Gasteiger partial charge in [-0.1, -0.05) is 30.3 Å². The molecule has 0 saturated carbocycles. The number of carbonyl (C=O) groups is 2. The van der Waals surface area contributed by atoms with Crippen LogP contribution in [-0.4, -0.2) is 11.9 Å². The molecule has 0 atom stereocenters. The molecule has 4 nitrogen and oxygen atoms in total. The van der Waals surface area contributed by atoms with Crippen molar-refractivity contribution in [2.75, 3.05) is 5.32 Å². The van der Waals surface area contributed by atoms with Gasteiger partial charge in [0.15, 0.2) is 0 Å². The number of halogens is 1. The van der Waals surface area contributed by atoms with Crippen LogP contribution in [0.2, 0.25) is 0 Å². The van der Waals surface area contributed by atoms with Crippen LogP contribution in [0.4, 0.5) is 14.9 Å². The molecule has 0 unspecified atom stereocenters. The van der Waals surface area contributed by atoms with Crippen LogP contribution in [0, 0.1) is 5.82 Å². The van der Waals surface area contributed by atoms with E-state index >= 15 is 0 Å². The van der Waals surface area contributed by atoms with Crippen molar-refractivity contribution in [3.63, 3.8) is 0 Å². The molecular weight excluding hydrogens is 247 g/mol. The van der Waals surface area contributed by atoms with Crippen LogP contribution in [-0.2, 0) is 0 Å². The van der Waals surface area contributed by atoms with Crippen molar-refractivity contribution in [1.82, 2.24) is 5.32 Å². The lowest BCUT2D eigenvalue weighted by molar-refractivity contribution is 0.0963. The summed E-state index contributed by atoms with van der Waals surface area (Å²) < 4.78 is 13.3.